The van der Waals surface area contributed by atoms with Gasteiger partial charge in [-0.25, -0.2) is 0 Å². The van der Waals surface area contributed by atoms with E-state index >= 15 is 0 Å². The van der Waals surface area contributed by atoms with E-state index in [1.54, 1.807) is 26.1 Å². The third kappa shape index (κ3) is 4.72. The molecule has 1 unspecified atom stereocenters. The number of benzene rings is 1. The molecule has 5 nitrogen and oxygen atoms in total. The van der Waals surface area contributed by atoms with Crippen molar-refractivity contribution in [3.05, 3.63) is 29.8 Å². The van der Waals surface area contributed by atoms with Gasteiger partial charge in [0.05, 0.1) is 19.7 Å². The molecule has 0 aliphatic carbocycles. The quantitative estimate of drug-likeness (QED) is 0.789. The molecule has 1 aromatic rings. The number of ether oxygens (including phenoxy) is 1. The molecule has 1 atom stereocenters. The van der Waals surface area contributed by atoms with Crippen LogP contribution in [0, 0.1) is 0 Å². The van der Waals surface area contributed by atoms with Crippen molar-refractivity contribution in [2.24, 2.45) is 5.73 Å². The Balaban J connectivity index is 3.03. The van der Waals surface area contributed by atoms with Crippen molar-refractivity contribution < 1.29 is 9.53 Å². The smallest absolute Gasteiger partial charge is 0.236 e. The minimum Gasteiger partial charge on any atom is -0.496 e. The number of hydrogen-bond donors (Lipinski definition) is 1. The number of carbonyl (C=O) groups is 1. The summed E-state index contributed by atoms with van der Waals surface area (Å²) in [6.07, 6.45) is 0.965. The monoisotopic (exact) mass is 293 g/mol. The molecule has 1 aromatic carbocycles. The zero-order valence-corrected chi connectivity index (χ0v) is 13.5. The number of para-hydroxylation sites is 1. The van der Waals surface area contributed by atoms with E-state index in [0.29, 0.717) is 13.1 Å². The zero-order chi connectivity index (χ0) is 15.8. The Kier molecular flexibility index (Phi) is 7.19. The summed E-state index contributed by atoms with van der Waals surface area (Å²) in [5.41, 5.74) is 7.02. The maximum Gasteiger partial charge on any atom is 0.236 e. The van der Waals surface area contributed by atoms with Crippen LogP contribution in [0.2, 0.25) is 0 Å². The first-order valence-corrected chi connectivity index (χ1v) is 7.32. The molecule has 0 fully saturated rings. The zero-order valence-electron chi connectivity index (χ0n) is 13.5. The van der Waals surface area contributed by atoms with Gasteiger partial charge < -0.3 is 15.4 Å². The van der Waals surface area contributed by atoms with Gasteiger partial charge in [0.25, 0.3) is 0 Å². The van der Waals surface area contributed by atoms with Crippen molar-refractivity contribution in [2.75, 3.05) is 40.8 Å². The summed E-state index contributed by atoms with van der Waals surface area (Å²) >= 11 is 0. The number of carbonyl (C=O) groups excluding carboxylic acids is 1. The summed E-state index contributed by atoms with van der Waals surface area (Å²) in [7, 11) is 5.20. The van der Waals surface area contributed by atoms with Gasteiger partial charge in [-0.3, -0.25) is 9.69 Å². The van der Waals surface area contributed by atoms with Crippen molar-refractivity contribution >= 4 is 5.91 Å². The van der Waals surface area contributed by atoms with Crippen LogP contribution >= 0.6 is 0 Å². The Morgan fingerprint density at radius 3 is 2.52 bits per heavy atom. The third-order valence-corrected chi connectivity index (χ3v) is 3.51. The molecular formula is C16H27N3O2. The van der Waals surface area contributed by atoms with Gasteiger partial charge in [-0.1, -0.05) is 25.1 Å². The minimum absolute atomic E-state index is 0.0231. The van der Waals surface area contributed by atoms with Crippen LogP contribution in [0.25, 0.3) is 0 Å². The summed E-state index contributed by atoms with van der Waals surface area (Å²) in [5, 5.41) is 0. The number of amides is 1. The van der Waals surface area contributed by atoms with E-state index in [9.17, 15) is 4.79 Å². The molecule has 0 saturated heterocycles. The molecule has 2 N–H and O–H groups in total. The van der Waals surface area contributed by atoms with Crippen molar-refractivity contribution in [1.82, 2.24) is 9.80 Å². The van der Waals surface area contributed by atoms with E-state index in [4.69, 9.17) is 10.5 Å². The van der Waals surface area contributed by atoms with Crippen LogP contribution in [0.4, 0.5) is 0 Å². The topological polar surface area (TPSA) is 58.8 Å². The van der Waals surface area contributed by atoms with Crippen LogP contribution in [-0.4, -0.2) is 56.5 Å². The summed E-state index contributed by atoms with van der Waals surface area (Å²) < 4.78 is 5.43. The molecule has 1 rings (SSSR count). The molecule has 0 saturated carbocycles. The highest BCUT2D eigenvalue weighted by Gasteiger charge is 2.24. The molecule has 0 aliphatic heterocycles. The second kappa shape index (κ2) is 8.64. The lowest BCUT2D eigenvalue weighted by Gasteiger charge is -2.32. The van der Waals surface area contributed by atoms with Crippen molar-refractivity contribution in [3.63, 3.8) is 0 Å². The van der Waals surface area contributed by atoms with Gasteiger partial charge in [-0.2, -0.15) is 0 Å². The van der Waals surface area contributed by atoms with Crippen molar-refractivity contribution in [3.8, 4) is 5.75 Å². The first-order chi connectivity index (χ1) is 10.0. The SMILES string of the molecule is CCCN(CC(=O)N(C)C)C(CN)c1ccccc1OC. The maximum absolute atomic E-state index is 12.0. The molecule has 0 heterocycles. The predicted octanol–water partition coefficient (Wildman–Crippen LogP) is 1.50. The number of likely N-dealkylation sites (N-methyl/N-ethyl adjacent to an activating group) is 1. The van der Waals surface area contributed by atoms with Gasteiger partial charge in [-0.15, -0.1) is 0 Å². The van der Waals surface area contributed by atoms with E-state index in [2.05, 4.69) is 11.8 Å². The first kappa shape index (κ1) is 17.5. The highest BCUT2D eigenvalue weighted by Crippen LogP contribution is 2.28. The van der Waals surface area contributed by atoms with E-state index < -0.39 is 0 Å². The lowest BCUT2D eigenvalue weighted by molar-refractivity contribution is -0.130. The summed E-state index contributed by atoms with van der Waals surface area (Å²) in [4.78, 5) is 15.8. The van der Waals surface area contributed by atoms with E-state index in [0.717, 1.165) is 24.3 Å². The van der Waals surface area contributed by atoms with Crippen molar-refractivity contribution in [2.45, 2.75) is 19.4 Å². The van der Waals surface area contributed by atoms with Crippen LogP contribution in [0.1, 0.15) is 24.9 Å². The predicted molar refractivity (Wildman–Crippen MR) is 85.3 cm³/mol. The molecule has 1 amide bonds. The fourth-order valence-corrected chi connectivity index (χ4v) is 2.36. The Hall–Kier alpha value is -1.59. The Morgan fingerprint density at radius 2 is 2.00 bits per heavy atom. The standard InChI is InChI=1S/C16H27N3O2/c1-5-10-19(12-16(20)18(2)3)14(11-17)13-8-6-7-9-15(13)21-4/h6-9,14H,5,10-12,17H2,1-4H3. The number of methoxy groups -OCH3 is 1. The van der Waals surface area contributed by atoms with Gasteiger partial charge in [0.1, 0.15) is 5.75 Å². The maximum atomic E-state index is 12.0. The number of rotatable bonds is 8. The number of nitrogens with zero attached hydrogens (tertiary/aromatic N) is 2. The van der Waals surface area contributed by atoms with E-state index in [-0.39, 0.29) is 11.9 Å². The first-order valence-electron chi connectivity index (χ1n) is 7.32. The van der Waals surface area contributed by atoms with Crippen LogP contribution in [0.15, 0.2) is 24.3 Å². The van der Waals surface area contributed by atoms with Crippen LogP contribution in [0.5, 0.6) is 5.75 Å². The van der Waals surface area contributed by atoms with Crippen LogP contribution in [0.3, 0.4) is 0 Å². The molecule has 0 aliphatic rings. The Labute approximate surface area is 127 Å². The molecule has 0 spiro atoms. The molecular weight excluding hydrogens is 266 g/mol. The average Bonchev–Trinajstić information content (AvgIpc) is 2.48. The normalized spacial score (nSPS) is 12.3. The van der Waals surface area contributed by atoms with Gasteiger partial charge >= 0.3 is 0 Å². The Morgan fingerprint density at radius 1 is 1.33 bits per heavy atom. The third-order valence-electron chi connectivity index (χ3n) is 3.51. The highest BCUT2D eigenvalue weighted by molar-refractivity contribution is 5.77. The molecule has 0 radical (unpaired) electrons. The minimum atomic E-state index is -0.0231. The fraction of sp³-hybridized carbons (Fsp3) is 0.562. The van der Waals surface area contributed by atoms with Gasteiger partial charge in [0.15, 0.2) is 0 Å². The summed E-state index contributed by atoms with van der Waals surface area (Å²) in [6, 6.07) is 7.82. The van der Waals surface area contributed by atoms with Crippen molar-refractivity contribution in [1.29, 1.82) is 0 Å². The van der Waals surface area contributed by atoms with Gasteiger partial charge in [0, 0.05) is 26.2 Å². The largest absolute Gasteiger partial charge is 0.496 e. The van der Waals surface area contributed by atoms with Crippen LogP contribution < -0.4 is 10.5 Å². The highest BCUT2D eigenvalue weighted by atomic mass is 16.5. The van der Waals surface area contributed by atoms with Gasteiger partial charge in [0.2, 0.25) is 5.91 Å². The molecule has 0 bridgehead atoms. The fourth-order valence-electron chi connectivity index (χ4n) is 2.36. The van der Waals surface area contributed by atoms with E-state index in [1.165, 1.54) is 0 Å². The number of nitrogens with two attached hydrogens (primary N) is 1. The second-order valence-corrected chi connectivity index (χ2v) is 5.25. The average molecular weight is 293 g/mol. The lowest BCUT2D eigenvalue weighted by Crippen LogP contribution is -2.41. The molecule has 21 heavy (non-hydrogen) atoms. The van der Waals surface area contributed by atoms with Crippen LogP contribution in [-0.2, 0) is 4.79 Å². The molecule has 0 aromatic heterocycles. The van der Waals surface area contributed by atoms with E-state index in [1.807, 2.05) is 24.3 Å². The Bertz CT molecular complexity index is 449. The lowest BCUT2D eigenvalue weighted by atomic mass is 10.0. The molecule has 5 heteroatoms. The summed E-state index contributed by atoms with van der Waals surface area (Å²) in [5.74, 6) is 0.892. The second-order valence-electron chi connectivity index (χ2n) is 5.25. The molecule has 118 valence electrons. The summed E-state index contributed by atoms with van der Waals surface area (Å²) in [6.45, 7) is 3.73. The number of hydrogen-bond acceptors (Lipinski definition) is 4. The van der Waals surface area contributed by atoms with Gasteiger partial charge in [-0.05, 0) is 19.0 Å².